The zero-order chi connectivity index (χ0) is 36.5. The van der Waals surface area contributed by atoms with Crippen LogP contribution in [0.15, 0.2) is 54.7 Å². The maximum atomic E-state index is 14.3. The van der Waals surface area contributed by atoms with Gasteiger partial charge in [0.15, 0.2) is 5.69 Å². The summed E-state index contributed by atoms with van der Waals surface area (Å²) < 4.78 is 91.4. The highest BCUT2D eigenvalue weighted by Gasteiger charge is 2.42. The summed E-state index contributed by atoms with van der Waals surface area (Å²) in [4.78, 5) is 43.6. The van der Waals surface area contributed by atoms with E-state index in [-0.39, 0.29) is 47.5 Å². The summed E-state index contributed by atoms with van der Waals surface area (Å²) in [5.41, 5.74) is 3.42. The summed E-state index contributed by atoms with van der Waals surface area (Å²) in [5.74, 6) is -4.51. The van der Waals surface area contributed by atoms with Crippen molar-refractivity contribution >= 4 is 17.9 Å². The van der Waals surface area contributed by atoms with Gasteiger partial charge in [0.25, 0.3) is 5.91 Å². The van der Waals surface area contributed by atoms with Gasteiger partial charge < -0.3 is 20.7 Å². The van der Waals surface area contributed by atoms with Crippen LogP contribution in [0.25, 0.3) is 11.1 Å². The molecule has 50 heavy (non-hydrogen) atoms. The summed E-state index contributed by atoms with van der Waals surface area (Å²) >= 11 is 0. The molecule has 1 aliphatic heterocycles. The van der Waals surface area contributed by atoms with E-state index in [0.29, 0.717) is 11.6 Å². The molecule has 4 aromatic rings. The molecule has 1 unspecified atom stereocenters. The van der Waals surface area contributed by atoms with Crippen molar-refractivity contribution in [2.24, 2.45) is 5.73 Å². The second kappa shape index (κ2) is 13.8. The van der Waals surface area contributed by atoms with Gasteiger partial charge in [-0.25, -0.2) is 18.0 Å². The fourth-order valence-electron chi connectivity index (χ4n) is 5.71. The SMILES string of the molecule is CC(C)(C)OC(=O)N1CCc2c(c(C(F)(F)F)nn2CC(=O)NC(Cc2cc(F)cc(F)c2)c2ncccc2-c2ccc(F)c(C(N)=O)c2)C1. The Kier molecular flexibility index (Phi) is 9.93. The Morgan fingerprint density at radius 1 is 1.02 bits per heavy atom. The van der Waals surface area contributed by atoms with Crippen molar-refractivity contribution < 1.29 is 45.5 Å². The predicted molar refractivity (Wildman–Crippen MR) is 167 cm³/mol. The average molecular weight is 703 g/mol. The molecular weight excluding hydrogens is 670 g/mol. The Morgan fingerprint density at radius 2 is 1.72 bits per heavy atom. The molecule has 0 aliphatic carbocycles. The van der Waals surface area contributed by atoms with E-state index in [1.165, 1.54) is 24.4 Å². The molecule has 10 nitrogen and oxygen atoms in total. The van der Waals surface area contributed by atoms with Crippen LogP contribution in [0.5, 0.6) is 0 Å². The third-order valence-corrected chi connectivity index (χ3v) is 7.76. The first kappa shape index (κ1) is 35.9. The van der Waals surface area contributed by atoms with Gasteiger partial charge in [-0.05, 0) is 68.7 Å². The number of nitrogens with two attached hydrogens (primary N) is 1. The zero-order valence-corrected chi connectivity index (χ0v) is 27.1. The number of rotatable bonds is 8. The van der Waals surface area contributed by atoms with Crippen molar-refractivity contribution in [1.82, 2.24) is 25.0 Å². The molecule has 264 valence electrons. The van der Waals surface area contributed by atoms with Gasteiger partial charge in [-0.1, -0.05) is 12.1 Å². The number of amides is 3. The number of alkyl halides is 3. The summed E-state index contributed by atoms with van der Waals surface area (Å²) in [5, 5.41) is 6.41. The van der Waals surface area contributed by atoms with E-state index in [9.17, 15) is 40.7 Å². The molecular formula is C34H32F6N6O4. The Morgan fingerprint density at radius 3 is 2.36 bits per heavy atom. The highest BCUT2D eigenvalue weighted by molar-refractivity contribution is 5.94. The van der Waals surface area contributed by atoms with Crippen molar-refractivity contribution in [2.45, 2.75) is 64.5 Å². The van der Waals surface area contributed by atoms with E-state index in [0.717, 1.165) is 27.8 Å². The van der Waals surface area contributed by atoms with Crippen LogP contribution >= 0.6 is 0 Å². The quantitative estimate of drug-likeness (QED) is 0.221. The van der Waals surface area contributed by atoms with E-state index >= 15 is 0 Å². The lowest BCUT2D eigenvalue weighted by Gasteiger charge is -2.30. The number of aromatic nitrogens is 3. The minimum Gasteiger partial charge on any atom is -0.444 e. The number of carbonyl (C=O) groups excluding carboxylic acids is 3. The molecule has 2 aromatic carbocycles. The zero-order valence-electron chi connectivity index (χ0n) is 27.1. The minimum atomic E-state index is -4.91. The number of primary amides is 1. The number of nitrogens with one attached hydrogen (secondary N) is 1. The normalized spacial score (nSPS) is 13.8. The first-order valence-electron chi connectivity index (χ1n) is 15.3. The van der Waals surface area contributed by atoms with Crippen molar-refractivity contribution in [3.05, 3.63) is 106 Å². The first-order valence-corrected chi connectivity index (χ1v) is 15.3. The number of halogens is 6. The second-order valence-corrected chi connectivity index (χ2v) is 12.7. The fourth-order valence-corrected chi connectivity index (χ4v) is 5.71. The van der Waals surface area contributed by atoms with Gasteiger partial charge in [0.2, 0.25) is 5.91 Å². The van der Waals surface area contributed by atoms with Crippen LogP contribution in [0, 0.1) is 17.5 Å². The van der Waals surface area contributed by atoms with E-state index in [1.807, 2.05) is 0 Å². The van der Waals surface area contributed by atoms with Gasteiger partial charge >= 0.3 is 12.3 Å². The van der Waals surface area contributed by atoms with Gasteiger partial charge in [-0.15, -0.1) is 0 Å². The maximum absolute atomic E-state index is 14.3. The van der Waals surface area contributed by atoms with Crippen LogP contribution in [0.2, 0.25) is 0 Å². The summed E-state index contributed by atoms with van der Waals surface area (Å²) in [6.45, 7) is 3.74. The lowest BCUT2D eigenvalue weighted by atomic mass is 9.94. The lowest BCUT2D eigenvalue weighted by molar-refractivity contribution is -0.142. The maximum Gasteiger partial charge on any atom is 0.435 e. The van der Waals surface area contributed by atoms with Gasteiger partial charge in [0.05, 0.1) is 23.8 Å². The minimum absolute atomic E-state index is 0.00252. The second-order valence-electron chi connectivity index (χ2n) is 12.7. The molecule has 0 bridgehead atoms. The fraction of sp³-hybridized carbons (Fsp3) is 0.324. The molecule has 5 rings (SSSR count). The molecule has 0 spiro atoms. The molecule has 3 N–H and O–H groups in total. The molecule has 0 radical (unpaired) electrons. The number of carbonyl (C=O) groups is 3. The highest BCUT2D eigenvalue weighted by atomic mass is 19.4. The van der Waals surface area contributed by atoms with Gasteiger partial charge in [-0.2, -0.15) is 18.3 Å². The van der Waals surface area contributed by atoms with Gasteiger partial charge in [-0.3, -0.25) is 19.3 Å². The van der Waals surface area contributed by atoms with Crippen LogP contribution in [0.1, 0.15) is 65.4 Å². The lowest BCUT2D eigenvalue weighted by Crippen LogP contribution is -2.40. The van der Waals surface area contributed by atoms with Crippen LogP contribution in [-0.2, 0) is 41.6 Å². The third-order valence-electron chi connectivity index (χ3n) is 7.76. The van der Waals surface area contributed by atoms with E-state index < -0.39 is 77.5 Å². The number of pyridine rings is 1. The number of hydrogen-bond acceptors (Lipinski definition) is 6. The van der Waals surface area contributed by atoms with Gasteiger partial charge in [0.1, 0.15) is 29.6 Å². The van der Waals surface area contributed by atoms with Crippen molar-refractivity contribution in [1.29, 1.82) is 0 Å². The molecule has 0 saturated carbocycles. The highest BCUT2D eigenvalue weighted by Crippen LogP contribution is 2.36. The topological polar surface area (TPSA) is 132 Å². The predicted octanol–water partition coefficient (Wildman–Crippen LogP) is 5.87. The van der Waals surface area contributed by atoms with Gasteiger partial charge in [0, 0.05) is 42.0 Å². The van der Waals surface area contributed by atoms with Crippen molar-refractivity contribution in [2.75, 3.05) is 6.54 Å². The number of hydrogen-bond donors (Lipinski definition) is 2. The average Bonchev–Trinajstić information content (AvgIpc) is 3.37. The molecule has 3 heterocycles. The van der Waals surface area contributed by atoms with Crippen LogP contribution in [-0.4, -0.2) is 49.7 Å². The number of nitrogens with zero attached hydrogens (tertiary/aromatic N) is 4. The van der Waals surface area contributed by atoms with Crippen molar-refractivity contribution in [3.8, 4) is 11.1 Å². The Labute approximate surface area is 282 Å². The van der Waals surface area contributed by atoms with E-state index in [4.69, 9.17) is 10.5 Å². The monoisotopic (exact) mass is 702 g/mol. The molecule has 1 aliphatic rings. The van der Waals surface area contributed by atoms with Crippen LogP contribution in [0.3, 0.4) is 0 Å². The Hall–Kier alpha value is -5.41. The Balaban J connectivity index is 1.49. The molecule has 3 amide bonds. The van der Waals surface area contributed by atoms with E-state index in [2.05, 4.69) is 15.4 Å². The molecule has 16 heteroatoms. The first-order chi connectivity index (χ1) is 23.4. The molecule has 0 fully saturated rings. The summed E-state index contributed by atoms with van der Waals surface area (Å²) in [6.07, 6.45) is -4.63. The summed E-state index contributed by atoms with van der Waals surface area (Å²) in [6, 6.07) is 8.25. The number of ether oxygens (including phenoxy) is 1. The van der Waals surface area contributed by atoms with Crippen LogP contribution < -0.4 is 11.1 Å². The number of fused-ring (bicyclic) bond motifs is 1. The summed E-state index contributed by atoms with van der Waals surface area (Å²) in [7, 11) is 0. The largest absolute Gasteiger partial charge is 0.444 e. The van der Waals surface area contributed by atoms with Crippen molar-refractivity contribution in [3.63, 3.8) is 0 Å². The Bertz CT molecular complexity index is 1940. The number of benzene rings is 2. The van der Waals surface area contributed by atoms with E-state index in [1.54, 1.807) is 26.8 Å². The standard InChI is InChI=1S/C34H32F6N6O4/c1-33(2,3)50-32(49)45-10-8-27-24(16-45)30(34(38,39)40)44-46(27)17-28(47)43-26(13-18-11-20(35)15-21(36)12-18)29-22(5-4-9-42-29)19-6-7-25(37)23(14-19)31(41)48/h4-7,9,11-12,14-15,26H,8,10,13,16-17H2,1-3H3,(H2,41,48)(H,43,47). The molecule has 0 saturated heterocycles. The smallest absolute Gasteiger partial charge is 0.435 e. The van der Waals surface area contributed by atoms with Crippen LogP contribution in [0.4, 0.5) is 31.1 Å². The molecule has 1 atom stereocenters. The molecule has 2 aromatic heterocycles. The third kappa shape index (κ3) is 8.23.